The summed E-state index contributed by atoms with van der Waals surface area (Å²) in [5.74, 6) is -0.158. The molecule has 0 saturated carbocycles. The van der Waals surface area contributed by atoms with E-state index < -0.39 is 12.1 Å². The van der Waals surface area contributed by atoms with Crippen molar-refractivity contribution in [1.82, 2.24) is 4.90 Å². The van der Waals surface area contributed by atoms with E-state index in [4.69, 9.17) is 0 Å². The van der Waals surface area contributed by atoms with Gasteiger partial charge in [-0.05, 0) is 78.4 Å². The fraction of sp³-hybridized carbons (Fsp3) is 0.219. The summed E-state index contributed by atoms with van der Waals surface area (Å²) in [6.45, 7) is 0. The fourth-order valence-corrected chi connectivity index (χ4v) is 5.40. The van der Waals surface area contributed by atoms with Crippen molar-refractivity contribution >= 4 is 11.7 Å². The van der Waals surface area contributed by atoms with Gasteiger partial charge in [-0.15, -0.1) is 0 Å². The Labute approximate surface area is 227 Å². The second-order valence-electron chi connectivity index (χ2n) is 9.93. The summed E-state index contributed by atoms with van der Waals surface area (Å²) >= 11 is 0. The number of phenolic OH excluding ortho intramolecular Hbond substituents is 2. The summed E-state index contributed by atoms with van der Waals surface area (Å²) in [7, 11) is 1.76. The Hall–Kier alpha value is -4.36. The van der Waals surface area contributed by atoms with E-state index in [1.165, 1.54) is 12.1 Å². The van der Waals surface area contributed by atoms with Gasteiger partial charge in [0.25, 0.3) is 0 Å². The van der Waals surface area contributed by atoms with Crippen molar-refractivity contribution in [2.75, 3.05) is 11.9 Å². The largest absolute Gasteiger partial charge is 0.508 e. The van der Waals surface area contributed by atoms with Crippen LogP contribution >= 0.6 is 0 Å². The molecule has 200 valence electrons. The number of benzene rings is 4. The van der Waals surface area contributed by atoms with Crippen LogP contribution in [0.3, 0.4) is 0 Å². The second-order valence-corrected chi connectivity index (χ2v) is 9.93. The predicted molar refractivity (Wildman–Crippen MR) is 149 cm³/mol. The van der Waals surface area contributed by atoms with E-state index >= 15 is 0 Å². The number of anilines is 1. The maximum atomic E-state index is 13.5. The first-order chi connectivity index (χ1) is 18.8. The van der Waals surface area contributed by atoms with Crippen molar-refractivity contribution in [2.45, 2.75) is 37.5 Å². The van der Waals surface area contributed by atoms with Gasteiger partial charge in [-0.1, -0.05) is 54.6 Å². The molecule has 5 rings (SSSR count). The number of carbonyl (C=O) groups is 1. The Balaban J connectivity index is 1.44. The highest BCUT2D eigenvalue weighted by Crippen LogP contribution is 2.44. The van der Waals surface area contributed by atoms with Gasteiger partial charge in [0.05, 0.1) is 18.2 Å². The van der Waals surface area contributed by atoms with Gasteiger partial charge in [0, 0.05) is 18.3 Å². The molecule has 1 aliphatic heterocycles. The van der Waals surface area contributed by atoms with Crippen molar-refractivity contribution in [3.05, 3.63) is 114 Å². The number of nitrogens with zero attached hydrogens (tertiary/aromatic N) is 2. The molecule has 3 N–H and O–H groups in total. The van der Waals surface area contributed by atoms with Gasteiger partial charge in [-0.2, -0.15) is 0 Å². The normalized spacial score (nSPS) is 18.0. The molecule has 4 aromatic carbocycles. The summed E-state index contributed by atoms with van der Waals surface area (Å²) in [6, 6.07) is 26.5. The average molecular weight is 527 g/mol. The minimum atomic E-state index is -0.744. The highest BCUT2D eigenvalue weighted by molar-refractivity contribution is 5.96. The molecule has 0 radical (unpaired) electrons. The molecular weight excluding hydrogens is 495 g/mol. The Morgan fingerprint density at radius 2 is 1.59 bits per heavy atom. The minimum absolute atomic E-state index is 0.0567. The number of amides is 2. The molecule has 1 heterocycles. The molecule has 0 bridgehead atoms. The van der Waals surface area contributed by atoms with Crippen LogP contribution in [0, 0.1) is 5.82 Å². The van der Waals surface area contributed by atoms with Crippen LogP contribution in [0.2, 0.25) is 0 Å². The average Bonchev–Trinajstić information content (AvgIpc) is 3.18. The quantitative estimate of drug-likeness (QED) is 0.236. The first-order valence-electron chi connectivity index (χ1n) is 13.0. The van der Waals surface area contributed by atoms with Crippen molar-refractivity contribution in [1.29, 1.82) is 0 Å². The third-order valence-electron chi connectivity index (χ3n) is 7.44. The molecule has 0 spiro atoms. The maximum absolute atomic E-state index is 13.5. The summed E-state index contributed by atoms with van der Waals surface area (Å²) in [5, 5.41) is 31.8. The number of hydrogen-bond donors (Lipinski definition) is 3. The molecule has 0 aliphatic carbocycles. The van der Waals surface area contributed by atoms with Gasteiger partial charge in [0.1, 0.15) is 17.3 Å². The van der Waals surface area contributed by atoms with Crippen molar-refractivity contribution in [3.63, 3.8) is 0 Å². The molecule has 1 aliphatic rings. The first-order valence-corrected chi connectivity index (χ1v) is 13.0. The molecule has 4 aromatic rings. The molecule has 2 amide bonds. The summed E-state index contributed by atoms with van der Waals surface area (Å²) in [5.41, 5.74) is 3.50. The van der Waals surface area contributed by atoms with Crippen LogP contribution in [0.1, 0.15) is 42.5 Å². The van der Waals surface area contributed by atoms with Crippen LogP contribution in [0.4, 0.5) is 14.9 Å². The lowest BCUT2D eigenvalue weighted by Crippen LogP contribution is -2.31. The van der Waals surface area contributed by atoms with E-state index in [9.17, 15) is 24.5 Å². The zero-order chi connectivity index (χ0) is 27.5. The van der Waals surface area contributed by atoms with Gasteiger partial charge in [0.15, 0.2) is 0 Å². The third kappa shape index (κ3) is 5.45. The van der Waals surface area contributed by atoms with Gasteiger partial charge in [-0.3, -0.25) is 4.90 Å². The van der Waals surface area contributed by atoms with Crippen LogP contribution in [0.25, 0.3) is 11.1 Å². The van der Waals surface area contributed by atoms with Gasteiger partial charge in [-0.25, -0.2) is 9.18 Å². The van der Waals surface area contributed by atoms with E-state index in [2.05, 4.69) is 0 Å². The number of phenols is 2. The summed E-state index contributed by atoms with van der Waals surface area (Å²) < 4.78 is 13.3. The molecule has 7 heteroatoms. The monoisotopic (exact) mass is 526 g/mol. The van der Waals surface area contributed by atoms with Gasteiger partial charge in [0.2, 0.25) is 0 Å². The number of hydrogen-bond acceptors (Lipinski definition) is 4. The number of para-hydroxylation sites is 1. The number of carbonyl (C=O) groups excluding carboxylic acids is 1. The Morgan fingerprint density at radius 1 is 0.872 bits per heavy atom. The highest BCUT2D eigenvalue weighted by atomic mass is 19.1. The van der Waals surface area contributed by atoms with Crippen molar-refractivity contribution in [2.24, 2.45) is 0 Å². The molecule has 1 saturated heterocycles. The van der Waals surface area contributed by atoms with Crippen LogP contribution < -0.4 is 4.90 Å². The van der Waals surface area contributed by atoms with Crippen molar-refractivity contribution in [3.8, 4) is 22.6 Å². The van der Waals surface area contributed by atoms with E-state index in [1.807, 2.05) is 48.5 Å². The number of urea groups is 1. The second kappa shape index (κ2) is 11.2. The topological polar surface area (TPSA) is 84.2 Å². The maximum Gasteiger partial charge on any atom is 0.325 e. The van der Waals surface area contributed by atoms with Crippen LogP contribution in [-0.4, -0.2) is 39.3 Å². The van der Waals surface area contributed by atoms with Gasteiger partial charge >= 0.3 is 6.03 Å². The summed E-state index contributed by atoms with van der Waals surface area (Å²) in [4.78, 5) is 17.0. The number of likely N-dealkylation sites (N-methyl/N-ethyl adjacent to an activating group) is 1. The number of aliphatic hydroxyl groups is 1. The lowest BCUT2D eigenvalue weighted by molar-refractivity contribution is 0.158. The van der Waals surface area contributed by atoms with E-state index in [1.54, 1.807) is 53.2 Å². The van der Waals surface area contributed by atoms with E-state index in [-0.39, 0.29) is 29.4 Å². The zero-order valence-corrected chi connectivity index (χ0v) is 21.6. The molecule has 1 unspecified atom stereocenters. The Morgan fingerprint density at radius 3 is 2.28 bits per heavy atom. The number of halogens is 1. The van der Waals surface area contributed by atoms with Crippen LogP contribution in [-0.2, 0) is 0 Å². The van der Waals surface area contributed by atoms with Gasteiger partial charge < -0.3 is 20.2 Å². The molecule has 1 fully saturated rings. The molecule has 3 atom stereocenters. The predicted octanol–water partition coefficient (Wildman–Crippen LogP) is 6.79. The zero-order valence-electron chi connectivity index (χ0n) is 21.6. The van der Waals surface area contributed by atoms with E-state index in [0.717, 1.165) is 16.8 Å². The number of aliphatic hydroxyl groups excluding tert-OH is 1. The molecule has 6 nitrogen and oxygen atoms in total. The van der Waals surface area contributed by atoms with Crippen LogP contribution in [0.5, 0.6) is 11.5 Å². The highest BCUT2D eigenvalue weighted by Gasteiger charge is 2.46. The van der Waals surface area contributed by atoms with Crippen LogP contribution in [0.15, 0.2) is 97.1 Å². The SMILES string of the molecule is CN1C(=O)N(c2ccccc2)[C@H](c2ccc(-c3cccc(O)c3)cc2O)[C@H]1CCCC(O)c1ccc(F)cc1. The standard InChI is InChI=1S/C32H31FN2O4/c1-34-28(11-6-12-29(37)21-13-16-24(33)17-14-21)31(35(32(34)39)25-8-3-2-4-9-25)27-18-15-23(20-30(27)38)22-7-5-10-26(36)19-22/h2-5,7-10,13-20,28-29,31,36-38H,6,11-12H2,1H3/t28-,29?,31-/m1/s1. The molecule has 39 heavy (non-hydrogen) atoms. The fourth-order valence-electron chi connectivity index (χ4n) is 5.40. The lowest BCUT2D eigenvalue weighted by Gasteiger charge is -2.29. The van der Waals surface area contributed by atoms with E-state index in [0.29, 0.717) is 30.4 Å². The lowest BCUT2D eigenvalue weighted by atomic mass is 9.91. The third-order valence-corrected chi connectivity index (χ3v) is 7.44. The molecule has 0 aromatic heterocycles. The smallest absolute Gasteiger partial charge is 0.325 e. The Kier molecular flexibility index (Phi) is 7.52. The molecular formula is C32H31FN2O4. The Bertz CT molecular complexity index is 1440. The number of rotatable bonds is 8. The minimum Gasteiger partial charge on any atom is -0.508 e. The summed E-state index contributed by atoms with van der Waals surface area (Å²) in [6.07, 6.45) is 0.904. The first kappa shape index (κ1) is 26.3. The number of aromatic hydroxyl groups is 2. The van der Waals surface area contributed by atoms with Crippen molar-refractivity contribution < 1.29 is 24.5 Å².